The molecule has 1 amide bonds. The molecule has 1 aromatic carbocycles. The summed E-state index contributed by atoms with van der Waals surface area (Å²) in [5, 5.41) is 3.32. The van der Waals surface area contributed by atoms with Crippen molar-refractivity contribution in [3.05, 3.63) is 23.3 Å². The lowest BCUT2D eigenvalue weighted by Gasteiger charge is -2.32. The van der Waals surface area contributed by atoms with Gasteiger partial charge in [0, 0.05) is 48.5 Å². The van der Waals surface area contributed by atoms with Crippen LogP contribution in [0, 0.1) is 5.92 Å². The van der Waals surface area contributed by atoms with Crippen molar-refractivity contribution in [3.8, 4) is 11.5 Å². The predicted octanol–water partition coefficient (Wildman–Crippen LogP) is 3.14. The Balaban J connectivity index is 0.00000210. The Morgan fingerprint density at radius 3 is 2.96 bits per heavy atom. The Morgan fingerprint density at radius 1 is 1.41 bits per heavy atom. The van der Waals surface area contributed by atoms with E-state index in [9.17, 15) is 4.79 Å². The number of halogens is 1. The molecule has 1 aromatic rings. The zero-order valence-corrected chi connectivity index (χ0v) is 17.3. The minimum absolute atomic E-state index is 0. The third-order valence-corrected chi connectivity index (χ3v) is 5.98. The van der Waals surface area contributed by atoms with Crippen LogP contribution in [0.5, 0.6) is 11.5 Å². The summed E-state index contributed by atoms with van der Waals surface area (Å²) in [7, 11) is 1.98. The van der Waals surface area contributed by atoms with Gasteiger partial charge in [-0.2, -0.15) is 0 Å². The number of likely N-dealkylation sites (N-methyl/N-ethyl adjacent to an activating group) is 1. The molecule has 1 aliphatic carbocycles. The van der Waals surface area contributed by atoms with Gasteiger partial charge < -0.3 is 19.7 Å². The number of amides is 1. The van der Waals surface area contributed by atoms with Crippen molar-refractivity contribution >= 4 is 18.3 Å². The van der Waals surface area contributed by atoms with Crippen LogP contribution in [0.2, 0.25) is 0 Å². The van der Waals surface area contributed by atoms with Crippen molar-refractivity contribution in [1.82, 2.24) is 10.2 Å². The fourth-order valence-corrected chi connectivity index (χ4v) is 4.48. The average molecular weight is 395 g/mol. The monoisotopic (exact) mass is 394 g/mol. The van der Waals surface area contributed by atoms with Crippen LogP contribution >= 0.6 is 12.4 Å². The highest BCUT2D eigenvalue weighted by Crippen LogP contribution is 2.53. The summed E-state index contributed by atoms with van der Waals surface area (Å²) in [4.78, 5) is 15.0. The van der Waals surface area contributed by atoms with Crippen molar-refractivity contribution in [2.45, 2.75) is 57.6 Å². The molecular weight excluding hydrogens is 364 g/mol. The lowest BCUT2D eigenvalue weighted by molar-refractivity contribution is -0.134. The van der Waals surface area contributed by atoms with E-state index in [0.29, 0.717) is 18.6 Å². The van der Waals surface area contributed by atoms with Crippen LogP contribution in [0.15, 0.2) is 12.1 Å². The van der Waals surface area contributed by atoms with Crippen LogP contribution < -0.4 is 14.8 Å². The maximum absolute atomic E-state index is 13.0. The molecule has 1 N–H and O–H groups in total. The van der Waals surface area contributed by atoms with Gasteiger partial charge in [0.2, 0.25) is 5.91 Å². The van der Waals surface area contributed by atoms with E-state index in [2.05, 4.69) is 29.3 Å². The second kappa shape index (κ2) is 8.27. The molecule has 0 spiro atoms. The second-order valence-electron chi connectivity index (χ2n) is 7.92. The number of benzene rings is 1. The maximum Gasteiger partial charge on any atom is 0.226 e. The molecule has 5 nitrogen and oxygen atoms in total. The summed E-state index contributed by atoms with van der Waals surface area (Å²) in [6, 6.07) is 4.70. The van der Waals surface area contributed by atoms with Gasteiger partial charge >= 0.3 is 0 Å². The summed E-state index contributed by atoms with van der Waals surface area (Å²) in [6.45, 7) is 6.48. The maximum atomic E-state index is 13.0. The predicted molar refractivity (Wildman–Crippen MR) is 108 cm³/mol. The van der Waals surface area contributed by atoms with E-state index in [0.717, 1.165) is 55.8 Å². The molecule has 4 atom stereocenters. The highest BCUT2D eigenvalue weighted by atomic mass is 35.5. The first-order valence-electron chi connectivity index (χ1n) is 10.0. The first-order chi connectivity index (χ1) is 12.6. The number of ether oxygens (including phenoxy) is 2. The zero-order valence-electron chi connectivity index (χ0n) is 16.5. The largest absolute Gasteiger partial charge is 0.494 e. The summed E-state index contributed by atoms with van der Waals surface area (Å²) in [6.07, 6.45) is 4.32. The van der Waals surface area contributed by atoms with E-state index in [4.69, 9.17) is 9.47 Å². The quantitative estimate of drug-likeness (QED) is 0.833. The number of hydrogen-bond donors (Lipinski definition) is 1. The number of fused-ring (bicyclic) bond motifs is 1. The van der Waals surface area contributed by atoms with Crippen LogP contribution in [0.3, 0.4) is 0 Å². The molecule has 4 unspecified atom stereocenters. The number of carbonyl (C=O) groups is 1. The van der Waals surface area contributed by atoms with Crippen LogP contribution in [-0.4, -0.2) is 49.7 Å². The normalized spacial score (nSPS) is 28.8. The molecule has 2 aliphatic heterocycles. The third-order valence-electron chi connectivity index (χ3n) is 5.98. The van der Waals surface area contributed by atoms with Crippen molar-refractivity contribution in [2.75, 3.05) is 26.7 Å². The highest BCUT2D eigenvalue weighted by molar-refractivity contribution is 5.85. The number of rotatable bonds is 5. The number of carbonyl (C=O) groups excluding carboxylic acids is 1. The third kappa shape index (κ3) is 4.04. The van der Waals surface area contributed by atoms with Gasteiger partial charge in [0.05, 0.1) is 6.61 Å². The number of hydrogen-bond acceptors (Lipinski definition) is 4. The molecular formula is C21H31ClN2O3. The SMILES string of the molecule is CCOc1cc2c(cc1C1CC1C(=O)N1CCCC(NC)C1)OC(C)C2.Cl. The molecule has 2 heterocycles. The van der Waals surface area contributed by atoms with E-state index < -0.39 is 0 Å². The Bertz CT molecular complexity index is 696. The van der Waals surface area contributed by atoms with E-state index >= 15 is 0 Å². The van der Waals surface area contributed by atoms with Crippen LogP contribution in [0.4, 0.5) is 0 Å². The first kappa shape index (κ1) is 20.3. The van der Waals surface area contributed by atoms with E-state index in [1.807, 2.05) is 14.0 Å². The molecule has 1 saturated heterocycles. The van der Waals surface area contributed by atoms with Gasteiger partial charge in [-0.1, -0.05) is 0 Å². The molecule has 27 heavy (non-hydrogen) atoms. The standard InChI is InChI=1S/C21H30N2O3.ClH/c1-4-25-20-9-14-8-13(2)26-19(14)11-17(20)16-10-18(16)21(24)23-7-5-6-15(12-23)22-3;/h9,11,13,15-16,18,22H,4-8,10,12H2,1-3H3;1H. The number of nitrogens with zero attached hydrogens (tertiary/aromatic N) is 1. The molecule has 4 rings (SSSR count). The first-order valence-corrected chi connectivity index (χ1v) is 10.0. The Hall–Kier alpha value is -1.46. The highest BCUT2D eigenvalue weighted by Gasteiger charge is 2.48. The van der Waals surface area contributed by atoms with Crippen LogP contribution in [-0.2, 0) is 11.2 Å². The molecule has 0 bridgehead atoms. The minimum atomic E-state index is 0. The Morgan fingerprint density at radius 2 is 2.22 bits per heavy atom. The molecule has 0 radical (unpaired) electrons. The Labute approximate surface area is 168 Å². The van der Waals surface area contributed by atoms with Crippen LogP contribution in [0.25, 0.3) is 0 Å². The van der Waals surface area contributed by atoms with E-state index in [1.54, 1.807) is 0 Å². The van der Waals surface area contributed by atoms with Crippen molar-refractivity contribution in [2.24, 2.45) is 5.92 Å². The Kier molecular flexibility index (Phi) is 6.21. The fourth-order valence-electron chi connectivity index (χ4n) is 4.48. The molecule has 2 fully saturated rings. The summed E-state index contributed by atoms with van der Waals surface area (Å²) in [5.74, 6) is 2.59. The van der Waals surface area contributed by atoms with Gasteiger partial charge in [-0.05, 0) is 52.3 Å². The number of nitrogens with one attached hydrogen (secondary N) is 1. The van der Waals surface area contributed by atoms with Gasteiger partial charge in [0.1, 0.15) is 17.6 Å². The number of piperidine rings is 1. The van der Waals surface area contributed by atoms with Gasteiger partial charge in [-0.25, -0.2) is 0 Å². The summed E-state index contributed by atoms with van der Waals surface area (Å²) >= 11 is 0. The minimum Gasteiger partial charge on any atom is -0.494 e. The molecule has 0 aromatic heterocycles. The van der Waals surface area contributed by atoms with Crippen molar-refractivity contribution in [1.29, 1.82) is 0 Å². The molecule has 3 aliphatic rings. The van der Waals surface area contributed by atoms with E-state index in [1.165, 1.54) is 5.56 Å². The lowest BCUT2D eigenvalue weighted by Crippen LogP contribution is -2.47. The second-order valence-corrected chi connectivity index (χ2v) is 7.92. The van der Waals surface area contributed by atoms with Gasteiger partial charge in [-0.15, -0.1) is 12.4 Å². The lowest BCUT2D eigenvalue weighted by atomic mass is 10.0. The van der Waals surface area contributed by atoms with Gasteiger partial charge in [0.25, 0.3) is 0 Å². The summed E-state index contributed by atoms with van der Waals surface area (Å²) < 4.78 is 11.9. The van der Waals surface area contributed by atoms with Crippen LogP contribution in [0.1, 0.15) is 50.2 Å². The molecule has 6 heteroatoms. The molecule has 150 valence electrons. The van der Waals surface area contributed by atoms with Gasteiger partial charge in [0.15, 0.2) is 0 Å². The van der Waals surface area contributed by atoms with Crippen molar-refractivity contribution < 1.29 is 14.3 Å². The average Bonchev–Trinajstić information content (AvgIpc) is 3.35. The number of likely N-dealkylation sites (tertiary alicyclic amines) is 1. The van der Waals surface area contributed by atoms with Gasteiger partial charge in [-0.3, -0.25) is 4.79 Å². The zero-order chi connectivity index (χ0) is 18.3. The van der Waals surface area contributed by atoms with Crippen molar-refractivity contribution in [3.63, 3.8) is 0 Å². The topological polar surface area (TPSA) is 50.8 Å². The van der Waals surface area contributed by atoms with E-state index in [-0.39, 0.29) is 30.3 Å². The smallest absolute Gasteiger partial charge is 0.226 e. The fraction of sp³-hybridized carbons (Fsp3) is 0.667. The summed E-state index contributed by atoms with van der Waals surface area (Å²) in [5.41, 5.74) is 2.38. The molecule has 1 saturated carbocycles.